The summed E-state index contributed by atoms with van der Waals surface area (Å²) in [5.74, 6) is 0.689. The number of para-hydroxylation sites is 2. The molecule has 0 fully saturated rings. The number of nitrogens with zero attached hydrogens (tertiary/aromatic N) is 2. The Bertz CT molecular complexity index is 2530. The zero-order valence-corrected chi connectivity index (χ0v) is 24.3. The molecule has 0 bridgehead atoms. The summed E-state index contributed by atoms with van der Waals surface area (Å²) in [5.41, 5.74) is 10.2. The van der Waals surface area contributed by atoms with E-state index in [0.29, 0.717) is 5.82 Å². The Morgan fingerprint density at radius 3 is 1.96 bits per heavy atom. The van der Waals surface area contributed by atoms with Gasteiger partial charge >= 0.3 is 0 Å². The zero-order valence-electron chi connectivity index (χ0n) is 24.3. The first-order valence-electron chi connectivity index (χ1n) is 15.2. The molecular weight excluding hydrogens is 548 g/mol. The third-order valence-corrected chi connectivity index (χ3v) is 8.69. The van der Waals surface area contributed by atoms with E-state index in [1.165, 1.54) is 11.1 Å². The molecule has 3 nitrogen and oxygen atoms in total. The van der Waals surface area contributed by atoms with E-state index in [1.54, 1.807) is 0 Å². The Balaban J connectivity index is 1.31. The highest BCUT2D eigenvalue weighted by Crippen LogP contribution is 2.41. The van der Waals surface area contributed by atoms with Crippen molar-refractivity contribution in [2.24, 2.45) is 0 Å². The molecule has 0 unspecified atom stereocenters. The number of hydrogen-bond donors (Lipinski definition) is 0. The lowest BCUT2D eigenvalue weighted by atomic mass is 9.92. The van der Waals surface area contributed by atoms with Crippen molar-refractivity contribution in [2.45, 2.75) is 0 Å². The molecule has 9 rings (SSSR count). The first-order chi connectivity index (χ1) is 22.3. The second-order valence-corrected chi connectivity index (χ2v) is 11.3. The van der Waals surface area contributed by atoms with E-state index < -0.39 is 0 Å². The van der Waals surface area contributed by atoms with Crippen LogP contribution in [0.15, 0.2) is 162 Å². The number of benzene rings is 7. The average Bonchev–Trinajstić information content (AvgIpc) is 3.50. The third kappa shape index (κ3) is 4.21. The van der Waals surface area contributed by atoms with Crippen LogP contribution in [0.2, 0.25) is 0 Å². The summed E-state index contributed by atoms with van der Waals surface area (Å²) in [6, 6.07) is 54.9. The molecule has 7 aromatic carbocycles. The molecule has 0 N–H and O–H groups in total. The van der Waals surface area contributed by atoms with Crippen molar-refractivity contribution in [3.05, 3.63) is 158 Å². The van der Waals surface area contributed by atoms with Crippen molar-refractivity contribution in [3.63, 3.8) is 0 Å². The molecule has 0 atom stereocenters. The van der Waals surface area contributed by atoms with Crippen molar-refractivity contribution < 1.29 is 4.42 Å². The van der Waals surface area contributed by atoms with Crippen LogP contribution >= 0.6 is 0 Å². The molecule has 0 aliphatic carbocycles. The van der Waals surface area contributed by atoms with Gasteiger partial charge in [0.25, 0.3) is 0 Å². The molecule has 2 heterocycles. The summed E-state index contributed by atoms with van der Waals surface area (Å²) in [4.78, 5) is 10.4. The Morgan fingerprint density at radius 1 is 0.422 bits per heavy atom. The number of aromatic nitrogens is 2. The minimum Gasteiger partial charge on any atom is -0.455 e. The van der Waals surface area contributed by atoms with E-state index >= 15 is 0 Å². The number of fused-ring (bicyclic) bond motifs is 6. The molecule has 0 spiro atoms. The number of furan rings is 1. The Morgan fingerprint density at radius 2 is 1.13 bits per heavy atom. The SMILES string of the molecule is c1ccc(-c2ccc(-c3nc(-c4cccc5ccc6c7ccccc7oc6c45)c4ccccc4n3)cc2-c2ccccc2)cc1. The van der Waals surface area contributed by atoms with Crippen LogP contribution < -0.4 is 0 Å². The number of hydrogen-bond acceptors (Lipinski definition) is 3. The molecule has 2 aromatic heterocycles. The average molecular weight is 575 g/mol. The first kappa shape index (κ1) is 25.4. The van der Waals surface area contributed by atoms with Gasteiger partial charge in [0.05, 0.1) is 11.2 Å². The Hall–Kier alpha value is -6.06. The van der Waals surface area contributed by atoms with E-state index in [-0.39, 0.29) is 0 Å². The quantitative estimate of drug-likeness (QED) is 0.210. The summed E-state index contributed by atoms with van der Waals surface area (Å²) >= 11 is 0. The van der Waals surface area contributed by atoms with Gasteiger partial charge in [-0.1, -0.05) is 133 Å². The van der Waals surface area contributed by atoms with Gasteiger partial charge in [0.1, 0.15) is 11.2 Å². The molecule has 9 aromatic rings. The summed E-state index contributed by atoms with van der Waals surface area (Å²) < 4.78 is 6.53. The van der Waals surface area contributed by atoms with Crippen LogP contribution in [-0.4, -0.2) is 9.97 Å². The molecule has 0 saturated heterocycles. The van der Waals surface area contributed by atoms with Crippen molar-refractivity contribution in [1.82, 2.24) is 9.97 Å². The first-order valence-corrected chi connectivity index (χ1v) is 15.2. The van der Waals surface area contributed by atoms with Crippen LogP contribution in [0.5, 0.6) is 0 Å². The lowest BCUT2D eigenvalue weighted by Crippen LogP contribution is -1.97. The van der Waals surface area contributed by atoms with Gasteiger partial charge in [-0.25, -0.2) is 9.97 Å². The summed E-state index contributed by atoms with van der Waals surface area (Å²) in [5, 5.41) is 5.40. The lowest BCUT2D eigenvalue weighted by Gasteiger charge is -2.15. The van der Waals surface area contributed by atoms with Crippen LogP contribution in [-0.2, 0) is 0 Å². The summed E-state index contributed by atoms with van der Waals surface area (Å²) in [6.07, 6.45) is 0. The smallest absolute Gasteiger partial charge is 0.160 e. The highest BCUT2D eigenvalue weighted by molar-refractivity contribution is 6.19. The van der Waals surface area contributed by atoms with Crippen molar-refractivity contribution in [1.29, 1.82) is 0 Å². The van der Waals surface area contributed by atoms with Crippen LogP contribution in [0.1, 0.15) is 0 Å². The minimum absolute atomic E-state index is 0.689. The highest BCUT2D eigenvalue weighted by atomic mass is 16.3. The van der Waals surface area contributed by atoms with Crippen LogP contribution in [0.25, 0.3) is 88.5 Å². The van der Waals surface area contributed by atoms with Gasteiger partial charge in [-0.3, -0.25) is 0 Å². The van der Waals surface area contributed by atoms with Crippen molar-refractivity contribution >= 4 is 43.6 Å². The van der Waals surface area contributed by atoms with E-state index in [2.05, 4.69) is 140 Å². The molecule has 45 heavy (non-hydrogen) atoms. The van der Waals surface area contributed by atoms with Gasteiger partial charge in [0.2, 0.25) is 0 Å². The summed E-state index contributed by atoms with van der Waals surface area (Å²) in [7, 11) is 0. The third-order valence-electron chi connectivity index (χ3n) is 8.69. The fourth-order valence-electron chi connectivity index (χ4n) is 6.57. The van der Waals surface area contributed by atoms with Gasteiger partial charge in [-0.05, 0) is 51.9 Å². The Labute approximate surface area is 260 Å². The predicted octanol–water partition coefficient (Wildman–Crippen LogP) is 11.4. The standard InChI is InChI=1S/C42H26N2O/c1-3-12-27(13-4-1)31-24-23-30(26-36(31)28-14-5-2-6-15-28)42-43-37-20-9-7-18-34(37)40(44-42)35-19-11-16-29-22-25-33-32-17-8-10-21-38(32)45-41(33)39(29)35/h1-26H. The van der Waals surface area contributed by atoms with Crippen LogP contribution in [0, 0.1) is 0 Å². The molecule has 0 saturated carbocycles. The lowest BCUT2D eigenvalue weighted by molar-refractivity contribution is 0.673. The van der Waals surface area contributed by atoms with Crippen LogP contribution in [0.4, 0.5) is 0 Å². The van der Waals surface area contributed by atoms with E-state index in [0.717, 1.165) is 71.6 Å². The number of rotatable bonds is 4. The van der Waals surface area contributed by atoms with Gasteiger partial charge in [-0.15, -0.1) is 0 Å². The minimum atomic E-state index is 0.689. The Kier molecular flexibility index (Phi) is 5.82. The molecule has 210 valence electrons. The predicted molar refractivity (Wildman–Crippen MR) is 186 cm³/mol. The molecule has 0 amide bonds. The zero-order chi connectivity index (χ0) is 29.7. The maximum absolute atomic E-state index is 6.53. The maximum atomic E-state index is 6.53. The van der Waals surface area contributed by atoms with Crippen molar-refractivity contribution in [2.75, 3.05) is 0 Å². The molecule has 0 aliphatic rings. The monoisotopic (exact) mass is 574 g/mol. The largest absolute Gasteiger partial charge is 0.455 e. The topological polar surface area (TPSA) is 38.9 Å². The van der Waals surface area contributed by atoms with E-state index in [4.69, 9.17) is 14.4 Å². The summed E-state index contributed by atoms with van der Waals surface area (Å²) in [6.45, 7) is 0. The van der Waals surface area contributed by atoms with Gasteiger partial charge in [0, 0.05) is 32.7 Å². The fourth-order valence-corrected chi connectivity index (χ4v) is 6.57. The van der Waals surface area contributed by atoms with E-state index in [9.17, 15) is 0 Å². The molecular formula is C42H26N2O. The highest BCUT2D eigenvalue weighted by Gasteiger charge is 2.19. The van der Waals surface area contributed by atoms with Gasteiger partial charge in [0.15, 0.2) is 5.82 Å². The molecule has 0 aliphatic heterocycles. The van der Waals surface area contributed by atoms with Gasteiger partial charge in [-0.2, -0.15) is 0 Å². The maximum Gasteiger partial charge on any atom is 0.160 e. The van der Waals surface area contributed by atoms with Gasteiger partial charge < -0.3 is 4.42 Å². The molecule has 3 heteroatoms. The second-order valence-electron chi connectivity index (χ2n) is 11.3. The normalized spacial score (nSPS) is 11.6. The fraction of sp³-hybridized carbons (Fsp3) is 0. The molecule has 0 radical (unpaired) electrons. The van der Waals surface area contributed by atoms with E-state index in [1.807, 2.05) is 18.2 Å². The second kappa shape index (κ2) is 10.3. The van der Waals surface area contributed by atoms with Crippen LogP contribution in [0.3, 0.4) is 0 Å². The van der Waals surface area contributed by atoms with Crippen molar-refractivity contribution in [3.8, 4) is 44.9 Å².